The summed E-state index contributed by atoms with van der Waals surface area (Å²) in [5, 5.41) is 0. The molecule has 1 rings (SSSR count). The van der Waals surface area contributed by atoms with Gasteiger partial charge in [-0.3, -0.25) is 0 Å². The molecule has 1 fully saturated rings. The van der Waals surface area contributed by atoms with Gasteiger partial charge in [-0.2, -0.15) is 17.6 Å². The van der Waals surface area contributed by atoms with Crippen molar-refractivity contribution in [2.45, 2.75) is 31.5 Å². The van der Waals surface area contributed by atoms with Crippen molar-refractivity contribution < 1.29 is 31.8 Å². The Labute approximate surface area is 70.6 Å². The standard InChI is InChI=1S/C6H6F4O3/c1-2-5(6(8,9)10)3(7)12-4(11)13-5/h3H,2H2,1H3. The Morgan fingerprint density at radius 3 is 2.23 bits per heavy atom. The van der Waals surface area contributed by atoms with Crippen molar-refractivity contribution in [3.05, 3.63) is 0 Å². The fourth-order valence-corrected chi connectivity index (χ4v) is 1.02. The first-order valence-corrected chi connectivity index (χ1v) is 3.44. The molecular weight excluding hydrogens is 196 g/mol. The zero-order chi connectivity index (χ0) is 10.3. The summed E-state index contributed by atoms with van der Waals surface area (Å²) in [5.41, 5.74) is -3.13. The van der Waals surface area contributed by atoms with Crippen molar-refractivity contribution in [3.8, 4) is 0 Å². The molecule has 1 heterocycles. The van der Waals surface area contributed by atoms with E-state index < -0.39 is 30.7 Å². The Bertz CT molecular complexity index is 226. The van der Waals surface area contributed by atoms with Crippen LogP contribution >= 0.6 is 0 Å². The molecule has 0 aliphatic carbocycles. The Kier molecular flexibility index (Phi) is 2.13. The highest BCUT2D eigenvalue weighted by Gasteiger charge is 2.68. The lowest BCUT2D eigenvalue weighted by Gasteiger charge is -2.27. The Morgan fingerprint density at radius 2 is 2.08 bits per heavy atom. The molecule has 76 valence electrons. The first-order valence-electron chi connectivity index (χ1n) is 3.44. The van der Waals surface area contributed by atoms with E-state index in [9.17, 15) is 22.4 Å². The van der Waals surface area contributed by atoms with Gasteiger partial charge in [0.25, 0.3) is 12.0 Å². The number of hydrogen-bond acceptors (Lipinski definition) is 3. The molecule has 0 spiro atoms. The topological polar surface area (TPSA) is 35.5 Å². The minimum Gasteiger partial charge on any atom is -0.411 e. The van der Waals surface area contributed by atoms with Crippen LogP contribution in [0.5, 0.6) is 0 Å². The van der Waals surface area contributed by atoms with Crippen molar-refractivity contribution in [2.75, 3.05) is 0 Å². The number of carbonyl (C=O) groups is 1. The van der Waals surface area contributed by atoms with Gasteiger partial charge < -0.3 is 9.47 Å². The third-order valence-corrected chi connectivity index (χ3v) is 1.84. The highest BCUT2D eigenvalue weighted by Crippen LogP contribution is 2.44. The quantitative estimate of drug-likeness (QED) is 0.482. The molecule has 1 aliphatic rings. The molecule has 3 nitrogen and oxygen atoms in total. The summed E-state index contributed by atoms with van der Waals surface area (Å²) in [6.45, 7) is 1.06. The second-order valence-corrected chi connectivity index (χ2v) is 2.53. The summed E-state index contributed by atoms with van der Waals surface area (Å²) >= 11 is 0. The molecule has 2 atom stereocenters. The van der Waals surface area contributed by atoms with E-state index in [1.54, 1.807) is 0 Å². The fourth-order valence-electron chi connectivity index (χ4n) is 1.02. The molecular formula is C6H6F4O3. The molecule has 0 aromatic carbocycles. The van der Waals surface area contributed by atoms with Gasteiger partial charge in [0.15, 0.2) is 0 Å². The first-order chi connectivity index (χ1) is 5.83. The van der Waals surface area contributed by atoms with E-state index in [0.717, 1.165) is 6.92 Å². The second-order valence-electron chi connectivity index (χ2n) is 2.53. The van der Waals surface area contributed by atoms with E-state index >= 15 is 0 Å². The highest BCUT2D eigenvalue weighted by molar-refractivity contribution is 5.63. The second kappa shape index (κ2) is 2.74. The van der Waals surface area contributed by atoms with Crippen LogP contribution < -0.4 is 0 Å². The fraction of sp³-hybridized carbons (Fsp3) is 0.833. The van der Waals surface area contributed by atoms with Crippen LogP contribution in [-0.2, 0) is 9.47 Å². The summed E-state index contributed by atoms with van der Waals surface area (Å²) in [6, 6.07) is 0. The minimum atomic E-state index is -4.96. The summed E-state index contributed by atoms with van der Waals surface area (Å²) in [4.78, 5) is 10.3. The van der Waals surface area contributed by atoms with E-state index in [1.165, 1.54) is 0 Å². The largest absolute Gasteiger partial charge is 0.512 e. The average molecular weight is 202 g/mol. The van der Waals surface area contributed by atoms with Crippen LogP contribution in [0.15, 0.2) is 0 Å². The van der Waals surface area contributed by atoms with Crippen LogP contribution in [0.1, 0.15) is 13.3 Å². The molecule has 0 N–H and O–H groups in total. The van der Waals surface area contributed by atoms with E-state index in [2.05, 4.69) is 9.47 Å². The van der Waals surface area contributed by atoms with Gasteiger partial charge in [-0.1, -0.05) is 6.92 Å². The number of hydrogen-bond donors (Lipinski definition) is 0. The normalized spacial score (nSPS) is 34.2. The molecule has 7 heteroatoms. The van der Waals surface area contributed by atoms with E-state index in [4.69, 9.17) is 0 Å². The highest BCUT2D eigenvalue weighted by atomic mass is 19.4. The van der Waals surface area contributed by atoms with Gasteiger partial charge in [0.05, 0.1) is 0 Å². The predicted molar refractivity (Wildman–Crippen MR) is 31.5 cm³/mol. The third kappa shape index (κ3) is 1.31. The maximum absolute atomic E-state index is 12.7. The molecule has 1 saturated heterocycles. The number of alkyl halides is 4. The monoisotopic (exact) mass is 202 g/mol. The molecule has 1 aliphatic heterocycles. The number of rotatable bonds is 1. The van der Waals surface area contributed by atoms with Crippen LogP contribution in [-0.4, -0.2) is 24.3 Å². The third-order valence-electron chi connectivity index (χ3n) is 1.84. The Morgan fingerprint density at radius 1 is 1.54 bits per heavy atom. The molecule has 0 saturated carbocycles. The molecule has 0 amide bonds. The summed E-state index contributed by atoms with van der Waals surface area (Å²) in [5.74, 6) is 0. The van der Waals surface area contributed by atoms with Crippen molar-refractivity contribution in [3.63, 3.8) is 0 Å². The SMILES string of the molecule is CCC1(C(F)(F)F)OC(=O)OC1F. The average Bonchev–Trinajstić information content (AvgIpc) is 2.25. The number of carbonyl (C=O) groups excluding carboxylic acids is 1. The van der Waals surface area contributed by atoms with E-state index in [0.29, 0.717) is 0 Å². The van der Waals surface area contributed by atoms with Gasteiger partial charge in [0, 0.05) is 6.42 Å². The van der Waals surface area contributed by atoms with Crippen LogP contribution in [0.2, 0.25) is 0 Å². The van der Waals surface area contributed by atoms with Gasteiger partial charge in [-0.15, -0.1) is 0 Å². The number of ether oxygens (including phenoxy) is 2. The van der Waals surface area contributed by atoms with Crippen LogP contribution in [0.25, 0.3) is 0 Å². The Balaban J connectivity index is 3.00. The molecule has 13 heavy (non-hydrogen) atoms. The maximum atomic E-state index is 12.7. The van der Waals surface area contributed by atoms with Crippen LogP contribution in [0.3, 0.4) is 0 Å². The molecule has 0 aromatic heterocycles. The summed E-state index contributed by atoms with van der Waals surface area (Å²) in [6.07, 6.45) is -10.1. The van der Waals surface area contributed by atoms with Crippen LogP contribution in [0, 0.1) is 0 Å². The molecule has 0 radical (unpaired) electrons. The minimum absolute atomic E-state index is 0.719. The van der Waals surface area contributed by atoms with Gasteiger partial charge in [0.2, 0.25) is 0 Å². The van der Waals surface area contributed by atoms with Crippen LogP contribution in [0.4, 0.5) is 22.4 Å². The van der Waals surface area contributed by atoms with Crippen molar-refractivity contribution in [1.29, 1.82) is 0 Å². The smallest absolute Gasteiger partial charge is 0.411 e. The number of halogens is 4. The summed E-state index contributed by atoms with van der Waals surface area (Å²) in [7, 11) is 0. The van der Waals surface area contributed by atoms with E-state index in [-0.39, 0.29) is 0 Å². The Hall–Kier alpha value is -1.01. The van der Waals surface area contributed by atoms with Crippen molar-refractivity contribution >= 4 is 6.16 Å². The van der Waals surface area contributed by atoms with Gasteiger partial charge in [-0.05, 0) is 0 Å². The van der Waals surface area contributed by atoms with Crippen molar-refractivity contribution in [2.24, 2.45) is 0 Å². The first kappa shape index (κ1) is 10.1. The summed E-state index contributed by atoms with van der Waals surface area (Å²) < 4.78 is 56.9. The number of cyclic esters (lactones) is 2. The zero-order valence-corrected chi connectivity index (χ0v) is 6.52. The lowest BCUT2D eigenvalue weighted by atomic mass is 10.0. The van der Waals surface area contributed by atoms with E-state index in [1.807, 2.05) is 0 Å². The van der Waals surface area contributed by atoms with Crippen molar-refractivity contribution in [1.82, 2.24) is 0 Å². The zero-order valence-electron chi connectivity index (χ0n) is 6.52. The molecule has 0 aromatic rings. The van der Waals surface area contributed by atoms with Gasteiger partial charge in [0.1, 0.15) is 0 Å². The lowest BCUT2D eigenvalue weighted by molar-refractivity contribution is -0.275. The lowest BCUT2D eigenvalue weighted by Crippen LogP contribution is -2.50. The van der Waals surface area contributed by atoms with Gasteiger partial charge in [-0.25, -0.2) is 4.79 Å². The van der Waals surface area contributed by atoms with Gasteiger partial charge >= 0.3 is 12.3 Å². The molecule has 0 bridgehead atoms. The predicted octanol–water partition coefficient (Wildman–Crippen LogP) is 2.16. The maximum Gasteiger partial charge on any atom is 0.512 e. The molecule has 2 unspecified atom stereocenters.